The van der Waals surface area contributed by atoms with Gasteiger partial charge in [-0.2, -0.15) is 4.98 Å². The average Bonchev–Trinajstić information content (AvgIpc) is 3.45. The van der Waals surface area contributed by atoms with E-state index in [2.05, 4.69) is 4.98 Å². The SMILES string of the molecule is COc1ccc(CN(Cc2ccc(OC)cc2OC)c2nc3cncc(C4=CCOC(C(=O)O)C4)c3o2)c(OC)c1. The lowest BCUT2D eigenvalue weighted by molar-refractivity contribution is -0.149. The van der Waals surface area contributed by atoms with Gasteiger partial charge in [-0.1, -0.05) is 6.08 Å². The highest BCUT2D eigenvalue weighted by molar-refractivity contribution is 5.89. The number of benzene rings is 2. The molecule has 0 bridgehead atoms. The van der Waals surface area contributed by atoms with Gasteiger partial charge in [0.15, 0.2) is 11.7 Å². The molecule has 11 heteroatoms. The summed E-state index contributed by atoms with van der Waals surface area (Å²) < 4.78 is 33.8. The first-order valence-electron chi connectivity index (χ1n) is 12.9. The van der Waals surface area contributed by atoms with Crippen molar-refractivity contribution in [3.05, 3.63) is 71.6 Å². The van der Waals surface area contributed by atoms with Crippen molar-refractivity contribution in [3.63, 3.8) is 0 Å². The summed E-state index contributed by atoms with van der Waals surface area (Å²) in [5.74, 6) is 1.65. The Kier molecular flexibility index (Phi) is 8.25. The van der Waals surface area contributed by atoms with Crippen LogP contribution in [0.25, 0.3) is 16.7 Å². The van der Waals surface area contributed by atoms with Crippen LogP contribution >= 0.6 is 0 Å². The highest BCUT2D eigenvalue weighted by Crippen LogP contribution is 2.35. The lowest BCUT2D eigenvalue weighted by atomic mass is 9.98. The van der Waals surface area contributed by atoms with Crippen molar-refractivity contribution in [1.29, 1.82) is 0 Å². The van der Waals surface area contributed by atoms with Crippen LogP contribution in [-0.4, -0.2) is 62.2 Å². The molecule has 1 aliphatic heterocycles. The topological polar surface area (TPSA) is 126 Å². The number of aliphatic carboxylic acids is 1. The summed E-state index contributed by atoms with van der Waals surface area (Å²) in [7, 11) is 6.43. The van der Waals surface area contributed by atoms with E-state index in [9.17, 15) is 9.90 Å². The fraction of sp³-hybridized carbons (Fsp3) is 0.300. The summed E-state index contributed by atoms with van der Waals surface area (Å²) in [6, 6.07) is 11.6. The van der Waals surface area contributed by atoms with Gasteiger partial charge in [-0.25, -0.2) is 4.79 Å². The van der Waals surface area contributed by atoms with Gasteiger partial charge in [-0.3, -0.25) is 4.98 Å². The van der Waals surface area contributed by atoms with Gasteiger partial charge in [-0.05, 0) is 29.8 Å². The van der Waals surface area contributed by atoms with E-state index in [0.717, 1.165) is 16.7 Å². The minimum atomic E-state index is -1.01. The second-order valence-corrected chi connectivity index (χ2v) is 9.34. The standard InChI is InChI=1S/C30H31N3O8/c1-36-21-7-5-19(25(12-21)38-3)16-33(17-20-6-8-22(37-2)13-26(20)39-4)30-32-24-15-31-14-23(28(24)41-30)18-9-10-40-27(11-18)29(34)35/h5-9,12-15,27H,10-11,16-17H2,1-4H3,(H,34,35). The third-order valence-corrected chi connectivity index (χ3v) is 6.92. The summed E-state index contributed by atoms with van der Waals surface area (Å²) in [6.07, 6.45) is 4.40. The molecule has 0 radical (unpaired) electrons. The summed E-state index contributed by atoms with van der Waals surface area (Å²) in [5.41, 5.74) is 4.30. The second kappa shape index (κ2) is 12.2. The Hall–Kier alpha value is -4.77. The van der Waals surface area contributed by atoms with Crippen LogP contribution in [0.3, 0.4) is 0 Å². The molecule has 1 atom stereocenters. The molecule has 1 aliphatic rings. The first-order valence-corrected chi connectivity index (χ1v) is 12.9. The molecular weight excluding hydrogens is 530 g/mol. The van der Waals surface area contributed by atoms with Crippen LogP contribution in [0.15, 0.2) is 59.3 Å². The molecule has 5 rings (SSSR count). The fourth-order valence-electron chi connectivity index (χ4n) is 4.76. The lowest BCUT2D eigenvalue weighted by Crippen LogP contribution is -2.27. The van der Waals surface area contributed by atoms with Crippen molar-refractivity contribution in [3.8, 4) is 23.0 Å². The third-order valence-electron chi connectivity index (χ3n) is 6.92. The predicted octanol–water partition coefficient (Wildman–Crippen LogP) is 4.72. The van der Waals surface area contributed by atoms with Crippen LogP contribution in [0.4, 0.5) is 6.01 Å². The minimum absolute atomic E-state index is 0.185. The van der Waals surface area contributed by atoms with Crippen LogP contribution in [0.5, 0.6) is 23.0 Å². The van der Waals surface area contributed by atoms with Gasteiger partial charge in [0.1, 0.15) is 28.5 Å². The first-order chi connectivity index (χ1) is 19.9. The van der Waals surface area contributed by atoms with Crippen molar-refractivity contribution in [2.45, 2.75) is 25.6 Å². The van der Waals surface area contributed by atoms with Gasteiger partial charge in [0, 0.05) is 41.4 Å². The number of carboxylic acids is 1. The Labute approximate surface area is 236 Å². The Morgan fingerprint density at radius 1 is 0.951 bits per heavy atom. The number of carbonyl (C=O) groups is 1. The summed E-state index contributed by atoms with van der Waals surface area (Å²) in [4.78, 5) is 22.7. The maximum atomic E-state index is 11.6. The summed E-state index contributed by atoms with van der Waals surface area (Å²) >= 11 is 0. The number of fused-ring (bicyclic) bond motifs is 1. The Morgan fingerprint density at radius 2 is 1.59 bits per heavy atom. The molecule has 0 saturated heterocycles. The van der Waals surface area contributed by atoms with Crippen LogP contribution in [0.1, 0.15) is 23.1 Å². The fourth-order valence-corrected chi connectivity index (χ4v) is 4.76. The van der Waals surface area contributed by atoms with E-state index in [4.69, 9.17) is 33.1 Å². The minimum Gasteiger partial charge on any atom is -0.497 e. The molecule has 0 spiro atoms. The number of carboxylic acid groups (broad SMARTS) is 1. The highest BCUT2D eigenvalue weighted by atomic mass is 16.5. The van der Waals surface area contributed by atoms with Gasteiger partial charge in [0.05, 0.1) is 54.3 Å². The van der Waals surface area contributed by atoms with Crippen molar-refractivity contribution in [2.75, 3.05) is 39.9 Å². The number of ether oxygens (including phenoxy) is 5. The average molecular weight is 562 g/mol. The number of oxazole rings is 1. The first kappa shape index (κ1) is 27.8. The lowest BCUT2D eigenvalue weighted by Gasteiger charge is -2.23. The number of methoxy groups -OCH3 is 4. The molecule has 2 aromatic heterocycles. The number of hydrogen-bond acceptors (Lipinski definition) is 10. The number of hydrogen-bond donors (Lipinski definition) is 1. The molecular formula is C30H31N3O8. The number of pyridine rings is 1. The normalized spacial score (nSPS) is 14.8. The molecule has 41 heavy (non-hydrogen) atoms. The second-order valence-electron chi connectivity index (χ2n) is 9.34. The van der Waals surface area contributed by atoms with Gasteiger partial charge in [-0.15, -0.1) is 0 Å². The Morgan fingerprint density at radius 3 is 2.15 bits per heavy atom. The smallest absolute Gasteiger partial charge is 0.333 e. The van der Waals surface area contributed by atoms with E-state index in [0.29, 0.717) is 58.8 Å². The van der Waals surface area contributed by atoms with Gasteiger partial charge >= 0.3 is 5.97 Å². The van der Waals surface area contributed by atoms with E-state index < -0.39 is 12.1 Å². The Balaban J connectivity index is 1.57. The van der Waals surface area contributed by atoms with Crippen LogP contribution < -0.4 is 23.8 Å². The third kappa shape index (κ3) is 5.90. The zero-order valence-electron chi connectivity index (χ0n) is 23.2. The monoisotopic (exact) mass is 561 g/mol. The van der Waals surface area contributed by atoms with Crippen molar-refractivity contribution in [1.82, 2.24) is 9.97 Å². The van der Waals surface area contributed by atoms with Crippen molar-refractivity contribution < 1.29 is 38.0 Å². The van der Waals surface area contributed by atoms with Crippen molar-refractivity contribution >= 4 is 28.7 Å². The molecule has 1 N–H and O–H groups in total. The van der Waals surface area contributed by atoms with Crippen molar-refractivity contribution in [2.24, 2.45) is 0 Å². The number of rotatable bonds is 11. The van der Waals surface area contributed by atoms with Gasteiger partial charge in [0.25, 0.3) is 6.01 Å². The van der Waals surface area contributed by atoms with E-state index in [-0.39, 0.29) is 13.0 Å². The van der Waals surface area contributed by atoms with E-state index in [1.54, 1.807) is 40.8 Å². The zero-order valence-corrected chi connectivity index (χ0v) is 23.2. The molecule has 1 unspecified atom stereocenters. The molecule has 214 valence electrons. The van der Waals surface area contributed by atoms with E-state index >= 15 is 0 Å². The summed E-state index contributed by atoms with van der Waals surface area (Å²) in [6.45, 7) is 0.954. The molecule has 4 aromatic rings. The molecule has 0 saturated carbocycles. The molecule has 3 heterocycles. The maximum absolute atomic E-state index is 11.6. The van der Waals surface area contributed by atoms with Crippen LogP contribution in [0, 0.1) is 0 Å². The molecule has 0 aliphatic carbocycles. The summed E-state index contributed by atoms with van der Waals surface area (Å²) in [5, 5.41) is 9.48. The predicted molar refractivity (Wildman–Crippen MR) is 151 cm³/mol. The molecule has 0 fully saturated rings. The molecule has 2 aromatic carbocycles. The zero-order chi connectivity index (χ0) is 28.9. The largest absolute Gasteiger partial charge is 0.497 e. The van der Waals surface area contributed by atoms with E-state index in [1.807, 2.05) is 47.4 Å². The quantitative estimate of drug-likeness (QED) is 0.273. The van der Waals surface area contributed by atoms with Gasteiger partial charge in [0.2, 0.25) is 0 Å². The van der Waals surface area contributed by atoms with E-state index in [1.165, 1.54) is 0 Å². The van der Waals surface area contributed by atoms with Crippen LogP contribution in [0.2, 0.25) is 0 Å². The maximum Gasteiger partial charge on any atom is 0.333 e. The number of aromatic nitrogens is 2. The number of nitrogens with zero attached hydrogens (tertiary/aromatic N) is 3. The molecule has 0 amide bonds. The Bertz CT molecular complexity index is 1520. The molecule has 11 nitrogen and oxygen atoms in total. The van der Waals surface area contributed by atoms with Gasteiger partial charge < -0.3 is 38.1 Å². The number of anilines is 1. The highest BCUT2D eigenvalue weighted by Gasteiger charge is 2.27. The van der Waals surface area contributed by atoms with Crippen LogP contribution in [-0.2, 0) is 22.6 Å².